The smallest absolute Gasteiger partial charge is 0.223 e. The molecule has 0 aromatic carbocycles. The zero-order valence-corrected chi connectivity index (χ0v) is 11.0. The summed E-state index contributed by atoms with van der Waals surface area (Å²) in [6.07, 6.45) is 0. The Morgan fingerprint density at radius 3 is 3.00 bits per heavy atom. The molecule has 0 aliphatic carbocycles. The van der Waals surface area contributed by atoms with Crippen LogP contribution in [0.3, 0.4) is 0 Å². The molecule has 1 atom stereocenters. The monoisotopic (exact) mass is 252 g/mol. The van der Waals surface area contributed by atoms with E-state index in [2.05, 4.69) is 21.4 Å². The SMILES string of the molecule is COCC(C)Nc1nc(N)nc2sc(C)cc12. The van der Waals surface area contributed by atoms with Gasteiger partial charge in [-0.1, -0.05) is 0 Å². The predicted octanol–water partition coefficient (Wildman–Crippen LogP) is 2.03. The van der Waals surface area contributed by atoms with Crippen LogP contribution in [0, 0.1) is 6.92 Å². The summed E-state index contributed by atoms with van der Waals surface area (Å²) in [5.41, 5.74) is 5.70. The van der Waals surface area contributed by atoms with E-state index in [1.54, 1.807) is 18.4 Å². The molecule has 0 saturated heterocycles. The van der Waals surface area contributed by atoms with Gasteiger partial charge in [0.1, 0.15) is 10.6 Å². The van der Waals surface area contributed by atoms with E-state index in [-0.39, 0.29) is 6.04 Å². The van der Waals surface area contributed by atoms with Crippen LogP contribution in [0.5, 0.6) is 0 Å². The average Bonchev–Trinajstić information content (AvgIpc) is 2.58. The van der Waals surface area contributed by atoms with Gasteiger partial charge in [0.25, 0.3) is 0 Å². The first-order valence-electron chi connectivity index (χ1n) is 5.39. The van der Waals surface area contributed by atoms with Crippen molar-refractivity contribution >= 4 is 33.3 Å². The lowest BCUT2D eigenvalue weighted by Crippen LogP contribution is -2.21. The van der Waals surface area contributed by atoms with Gasteiger partial charge in [-0.2, -0.15) is 4.98 Å². The van der Waals surface area contributed by atoms with E-state index in [1.165, 1.54) is 4.88 Å². The van der Waals surface area contributed by atoms with E-state index in [1.807, 2.05) is 13.8 Å². The summed E-state index contributed by atoms with van der Waals surface area (Å²) in [5.74, 6) is 1.08. The average molecular weight is 252 g/mol. The second-order valence-electron chi connectivity index (χ2n) is 4.01. The van der Waals surface area contributed by atoms with E-state index in [4.69, 9.17) is 10.5 Å². The Hall–Kier alpha value is -1.40. The molecular formula is C11H16N4OS. The van der Waals surface area contributed by atoms with E-state index in [0.29, 0.717) is 12.6 Å². The van der Waals surface area contributed by atoms with Gasteiger partial charge in [-0.25, -0.2) is 4.98 Å². The molecule has 2 aromatic heterocycles. The molecule has 0 saturated carbocycles. The molecule has 0 aliphatic heterocycles. The Kier molecular flexibility index (Phi) is 3.44. The molecule has 6 heteroatoms. The van der Waals surface area contributed by atoms with Crippen LogP contribution in [0.2, 0.25) is 0 Å². The topological polar surface area (TPSA) is 73.1 Å². The first-order chi connectivity index (χ1) is 8.10. The van der Waals surface area contributed by atoms with Gasteiger partial charge in [0, 0.05) is 18.0 Å². The number of hydrogen-bond donors (Lipinski definition) is 2. The van der Waals surface area contributed by atoms with Gasteiger partial charge in [0.15, 0.2) is 0 Å². The molecule has 0 bridgehead atoms. The molecule has 0 fully saturated rings. The van der Waals surface area contributed by atoms with Crippen molar-refractivity contribution in [2.24, 2.45) is 0 Å². The maximum atomic E-state index is 5.70. The summed E-state index contributed by atoms with van der Waals surface area (Å²) < 4.78 is 5.09. The highest BCUT2D eigenvalue weighted by Crippen LogP contribution is 2.29. The van der Waals surface area contributed by atoms with E-state index < -0.39 is 0 Å². The lowest BCUT2D eigenvalue weighted by atomic mass is 10.3. The standard InChI is InChI=1S/C11H16N4OS/c1-6(5-16-3)13-9-8-4-7(2)17-10(8)15-11(12)14-9/h4,6H,5H2,1-3H3,(H3,12,13,14,15). The minimum absolute atomic E-state index is 0.178. The van der Waals surface area contributed by atoms with Crippen LogP contribution in [0.25, 0.3) is 10.2 Å². The highest BCUT2D eigenvalue weighted by atomic mass is 32.1. The second kappa shape index (κ2) is 4.85. The maximum absolute atomic E-state index is 5.70. The van der Waals surface area contributed by atoms with Crippen LogP contribution in [0.1, 0.15) is 11.8 Å². The second-order valence-corrected chi connectivity index (χ2v) is 5.24. The predicted molar refractivity (Wildman–Crippen MR) is 71.5 cm³/mol. The Morgan fingerprint density at radius 2 is 2.29 bits per heavy atom. The summed E-state index contributed by atoms with van der Waals surface area (Å²) >= 11 is 1.62. The van der Waals surface area contributed by atoms with Gasteiger partial charge < -0.3 is 15.8 Å². The minimum Gasteiger partial charge on any atom is -0.383 e. The van der Waals surface area contributed by atoms with Crippen molar-refractivity contribution in [2.75, 3.05) is 24.8 Å². The summed E-state index contributed by atoms with van der Waals surface area (Å²) in [6.45, 7) is 4.70. The Labute approximate surface area is 104 Å². The molecular weight excluding hydrogens is 236 g/mol. The van der Waals surface area contributed by atoms with Crippen LogP contribution in [0.4, 0.5) is 11.8 Å². The zero-order valence-electron chi connectivity index (χ0n) is 10.2. The van der Waals surface area contributed by atoms with Gasteiger partial charge in [-0.15, -0.1) is 11.3 Å². The molecule has 17 heavy (non-hydrogen) atoms. The fourth-order valence-electron chi connectivity index (χ4n) is 1.69. The number of ether oxygens (including phenoxy) is 1. The number of nitrogens with zero attached hydrogens (tertiary/aromatic N) is 2. The lowest BCUT2D eigenvalue weighted by Gasteiger charge is -2.14. The van der Waals surface area contributed by atoms with Gasteiger partial charge in [0.05, 0.1) is 12.0 Å². The Bertz CT molecular complexity index is 525. The minimum atomic E-state index is 0.178. The van der Waals surface area contributed by atoms with E-state index >= 15 is 0 Å². The molecule has 2 aromatic rings. The molecule has 0 radical (unpaired) electrons. The van der Waals surface area contributed by atoms with Crippen LogP contribution >= 0.6 is 11.3 Å². The number of anilines is 2. The number of aryl methyl sites for hydroxylation is 1. The molecule has 0 aliphatic rings. The third kappa shape index (κ3) is 2.65. The van der Waals surface area contributed by atoms with Gasteiger partial charge >= 0.3 is 0 Å². The fourth-order valence-corrected chi connectivity index (χ4v) is 2.58. The maximum Gasteiger partial charge on any atom is 0.223 e. The molecule has 0 amide bonds. The number of fused-ring (bicyclic) bond motifs is 1. The number of rotatable bonds is 4. The third-order valence-corrected chi connectivity index (χ3v) is 3.28. The number of nitrogens with two attached hydrogens (primary N) is 1. The van der Waals surface area contributed by atoms with Crippen molar-refractivity contribution < 1.29 is 4.74 Å². The van der Waals surface area contributed by atoms with Gasteiger partial charge in [-0.05, 0) is 19.9 Å². The zero-order chi connectivity index (χ0) is 12.4. The molecule has 3 N–H and O–H groups in total. The number of nitrogen functional groups attached to an aromatic ring is 1. The summed E-state index contributed by atoms with van der Waals surface area (Å²) in [4.78, 5) is 10.6. The van der Waals surface area contributed by atoms with Crippen molar-refractivity contribution in [1.82, 2.24) is 9.97 Å². The van der Waals surface area contributed by atoms with Crippen LogP contribution in [-0.4, -0.2) is 29.7 Å². The number of hydrogen-bond acceptors (Lipinski definition) is 6. The summed E-state index contributed by atoms with van der Waals surface area (Å²) in [7, 11) is 1.68. The molecule has 5 nitrogen and oxygen atoms in total. The molecule has 2 rings (SSSR count). The van der Waals surface area contributed by atoms with E-state index in [9.17, 15) is 0 Å². The molecule has 0 spiro atoms. The van der Waals surface area contributed by atoms with E-state index in [0.717, 1.165) is 16.0 Å². The van der Waals surface area contributed by atoms with Crippen molar-refractivity contribution in [2.45, 2.75) is 19.9 Å². The largest absolute Gasteiger partial charge is 0.383 e. The van der Waals surface area contributed by atoms with Crippen molar-refractivity contribution in [3.63, 3.8) is 0 Å². The van der Waals surface area contributed by atoms with Crippen LogP contribution < -0.4 is 11.1 Å². The number of aromatic nitrogens is 2. The summed E-state index contributed by atoms with van der Waals surface area (Å²) in [5, 5.41) is 4.31. The van der Waals surface area contributed by atoms with Gasteiger partial charge in [-0.3, -0.25) is 0 Å². The van der Waals surface area contributed by atoms with Crippen molar-refractivity contribution in [3.05, 3.63) is 10.9 Å². The highest BCUT2D eigenvalue weighted by Gasteiger charge is 2.11. The van der Waals surface area contributed by atoms with Crippen molar-refractivity contribution in [1.29, 1.82) is 0 Å². The third-order valence-electron chi connectivity index (χ3n) is 2.33. The Morgan fingerprint density at radius 1 is 1.53 bits per heavy atom. The Balaban J connectivity index is 2.37. The molecule has 92 valence electrons. The normalized spacial score (nSPS) is 12.9. The number of thiophene rings is 1. The van der Waals surface area contributed by atoms with Crippen molar-refractivity contribution in [3.8, 4) is 0 Å². The lowest BCUT2D eigenvalue weighted by molar-refractivity contribution is 0.190. The van der Waals surface area contributed by atoms with Crippen LogP contribution in [0.15, 0.2) is 6.07 Å². The highest BCUT2D eigenvalue weighted by molar-refractivity contribution is 7.18. The molecule has 1 unspecified atom stereocenters. The number of methoxy groups -OCH3 is 1. The first kappa shape index (κ1) is 12.1. The fraction of sp³-hybridized carbons (Fsp3) is 0.455. The van der Waals surface area contributed by atoms with Crippen LogP contribution in [-0.2, 0) is 4.74 Å². The first-order valence-corrected chi connectivity index (χ1v) is 6.21. The molecule has 2 heterocycles. The summed E-state index contributed by atoms with van der Waals surface area (Å²) in [6, 6.07) is 2.25. The number of nitrogens with one attached hydrogen (secondary N) is 1. The van der Waals surface area contributed by atoms with Gasteiger partial charge in [0.2, 0.25) is 5.95 Å². The quantitative estimate of drug-likeness (QED) is 0.871.